The van der Waals surface area contributed by atoms with Crippen molar-refractivity contribution in [3.63, 3.8) is 0 Å². The van der Waals surface area contributed by atoms with Gasteiger partial charge in [0, 0.05) is 11.4 Å². The van der Waals surface area contributed by atoms with Crippen LogP contribution in [0.1, 0.15) is 17.4 Å². The van der Waals surface area contributed by atoms with Gasteiger partial charge in [0.05, 0.1) is 5.54 Å². The molecule has 2 rings (SSSR count). The third kappa shape index (κ3) is 3.65. The molecule has 1 aromatic carbocycles. The van der Waals surface area contributed by atoms with E-state index in [1.807, 2.05) is 17.5 Å². The molecule has 0 aliphatic carbocycles. The Bertz CT molecular complexity index is 568. The third-order valence-corrected chi connectivity index (χ3v) is 4.12. The monoisotopic (exact) mass is 292 g/mol. The molecule has 0 radical (unpaired) electrons. The Morgan fingerprint density at radius 1 is 1.35 bits per heavy atom. The van der Waals surface area contributed by atoms with Gasteiger partial charge in [-0.3, -0.25) is 10.1 Å². The highest BCUT2D eigenvalue weighted by Gasteiger charge is 2.30. The van der Waals surface area contributed by atoms with Gasteiger partial charge < -0.3 is 5.73 Å². The number of hydrogen-bond donors (Lipinski definition) is 2. The molecule has 5 heteroatoms. The maximum absolute atomic E-state index is 12.9. The van der Waals surface area contributed by atoms with Crippen LogP contribution in [0.25, 0.3) is 0 Å². The van der Waals surface area contributed by atoms with Crippen LogP contribution in [-0.4, -0.2) is 11.4 Å². The number of carbonyl (C=O) groups excluding carboxylic acids is 1. The Hall–Kier alpha value is -1.72. The van der Waals surface area contributed by atoms with Crippen LogP contribution in [0, 0.1) is 5.82 Å². The lowest BCUT2D eigenvalue weighted by Gasteiger charge is -2.27. The zero-order valence-corrected chi connectivity index (χ0v) is 12.0. The van der Waals surface area contributed by atoms with Crippen LogP contribution in [0.15, 0.2) is 41.8 Å². The summed E-state index contributed by atoms with van der Waals surface area (Å²) in [7, 11) is 0. The van der Waals surface area contributed by atoms with Crippen molar-refractivity contribution in [1.29, 1.82) is 0 Å². The van der Waals surface area contributed by atoms with E-state index in [2.05, 4.69) is 5.32 Å². The molecule has 1 aromatic heterocycles. The van der Waals surface area contributed by atoms with Gasteiger partial charge in [-0.2, -0.15) is 0 Å². The number of rotatable bonds is 6. The lowest BCUT2D eigenvalue weighted by Crippen LogP contribution is -2.54. The molecule has 0 spiro atoms. The van der Waals surface area contributed by atoms with Crippen LogP contribution in [0.2, 0.25) is 0 Å². The lowest BCUT2D eigenvalue weighted by atomic mass is 9.92. The predicted molar refractivity (Wildman–Crippen MR) is 78.9 cm³/mol. The number of thiophene rings is 1. The van der Waals surface area contributed by atoms with Crippen LogP contribution >= 0.6 is 11.3 Å². The molecule has 1 unspecified atom stereocenters. The van der Waals surface area contributed by atoms with Gasteiger partial charge in [0.15, 0.2) is 0 Å². The normalized spacial score (nSPS) is 13.9. The summed E-state index contributed by atoms with van der Waals surface area (Å²) in [5, 5.41) is 5.19. The van der Waals surface area contributed by atoms with Crippen molar-refractivity contribution in [2.75, 3.05) is 0 Å². The number of nitrogens with one attached hydrogen (secondary N) is 1. The van der Waals surface area contributed by atoms with Crippen LogP contribution in [0.4, 0.5) is 4.39 Å². The van der Waals surface area contributed by atoms with E-state index >= 15 is 0 Å². The first-order chi connectivity index (χ1) is 9.49. The minimum Gasteiger partial charge on any atom is -0.368 e. The summed E-state index contributed by atoms with van der Waals surface area (Å²) in [6.07, 6.45) is 0.425. The van der Waals surface area contributed by atoms with Crippen LogP contribution < -0.4 is 11.1 Å². The quantitative estimate of drug-likeness (QED) is 0.859. The molecule has 0 bridgehead atoms. The SMILES string of the molecule is CC(Cc1ccc(F)cc1)(NCc1cccs1)C(N)=O. The smallest absolute Gasteiger partial charge is 0.237 e. The average Bonchev–Trinajstić information content (AvgIpc) is 2.92. The van der Waals surface area contributed by atoms with E-state index in [1.165, 1.54) is 12.1 Å². The zero-order valence-electron chi connectivity index (χ0n) is 11.2. The molecular weight excluding hydrogens is 275 g/mol. The van der Waals surface area contributed by atoms with Gasteiger partial charge in [0.25, 0.3) is 0 Å². The summed E-state index contributed by atoms with van der Waals surface area (Å²) >= 11 is 1.62. The van der Waals surface area contributed by atoms with E-state index in [1.54, 1.807) is 30.4 Å². The summed E-state index contributed by atoms with van der Waals surface area (Å²) in [4.78, 5) is 12.9. The van der Waals surface area contributed by atoms with Gasteiger partial charge in [-0.05, 0) is 42.5 Å². The molecule has 1 atom stereocenters. The Morgan fingerprint density at radius 3 is 2.60 bits per heavy atom. The fourth-order valence-electron chi connectivity index (χ4n) is 1.94. The van der Waals surface area contributed by atoms with Crippen molar-refractivity contribution in [2.24, 2.45) is 5.73 Å². The molecule has 1 amide bonds. The summed E-state index contributed by atoms with van der Waals surface area (Å²) in [6, 6.07) is 10.1. The lowest BCUT2D eigenvalue weighted by molar-refractivity contribution is -0.123. The first kappa shape index (κ1) is 14.7. The highest BCUT2D eigenvalue weighted by molar-refractivity contribution is 7.09. The molecule has 0 aliphatic rings. The summed E-state index contributed by atoms with van der Waals surface area (Å²) in [6.45, 7) is 2.35. The molecule has 0 fully saturated rings. The summed E-state index contributed by atoms with van der Waals surface area (Å²) in [5.74, 6) is -0.709. The number of primary amides is 1. The molecule has 1 heterocycles. The van der Waals surface area contributed by atoms with E-state index in [0.29, 0.717) is 13.0 Å². The van der Waals surface area contributed by atoms with E-state index < -0.39 is 11.4 Å². The van der Waals surface area contributed by atoms with Gasteiger partial charge in [-0.1, -0.05) is 18.2 Å². The Balaban J connectivity index is 2.08. The molecule has 20 heavy (non-hydrogen) atoms. The molecule has 2 aromatic rings. The van der Waals surface area contributed by atoms with Crippen molar-refractivity contribution >= 4 is 17.2 Å². The van der Waals surface area contributed by atoms with Crippen molar-refractivity contribution in [2.45, 2.75) is 25.4 Å². The number of benzene rings is 1. The van der Waals surface area contributed by atoms with Gasteiger partial charge in [0.2, 0.25) is 5.91 Å². The molecule has 3 nitrogen and oxygen atoms in total. The largest absolute Gasteiger partial charge is 0.368 e. The first-order valence-corrected chi connectivity index (χ1v) is 7.19. The number of halogens is 1. The Labute approximate surface area is 121 Å². The Morgan fingerprint density at radius 2 is 2.05 bits per heavy atom. The fraction of sp³-hybridized carbons (Fsp3) is 0.267. The van der Waals surface area contributed by atoms with E-state index in [4.69, 9.17) is 5.73 Å². The van der Waals surface area contributed by atoms with Crippen LogP contribution in [0.5, 0.6) is 0 Å². The molecule has 3 N–H and O–H groups in total. The van der Waals surface area contributed by atoms with Gasteiger partial charge >= 0.3 is 0 Å². The van der Waals surface area contributed by atoms with Crippen molar-refractivity contribution in [3.05, 3.63) is 58.0 Å². The van der Waals surface area contributed by atoms with Gasteiger partial charge in [-0.25, -0.2) is 4.39 Å². The number of amides is 1. The minimum atomic E-state index is -0.859. The van der Waals surface area contributed by atoms with Crippen molar-refractivity contribution in [1.82, 2.24) is 5.32 Å². The third-order valence-electron chi connectivity index (χ3n) is 3.25. The molecular formula is C15H17FN2OS. The minimum absolute atomic E-state index is 0.291. The second-order valence-electron chi connectivity index (χ2n) is 4.93. The first-order valence-electron chi connectivity index (χ1n) is 6.31. The van der Waals surface area contributed by atoms with E-state index in [9.17, 15) is 9.18 Å². The van der Waals surface area contributed by atoms with Crippen molar-refractivity contribution in [3.8, 4) is 0 Å². The average molecular weight is 292 g/mol. The van der Waals surface area contributed by atoms with Gasteiger partial charge in [0.1, 0.15) is 5.82 Å². The standard InChI is InChI=1S/C15H17FN2OS/c1-15(14(17)19,18-10-13-3-2-8-20-13)9-11-4-6-12(16)7-5-11/h2-8,18H,9-10H2,1H3,(H2,17,19). The molecule has 106 valence electrons. The van der Waals surface area contributed by atoms with Crippen LogP contribution in [-0.2, 0) is 17.8 Å². The Kier molecular flexibility index (Phi) is 4.52. The van der Waals surface area contributed by atoms with E-state index in [-0.39, 0.29) is 5.82 Å². The zero-order chi connectivity index (χ0) is 14.6. The predicted octanol–water partition coefficient (Wildman–Crippen LogP) is 2.46. The number of carbonyl (C=O) groups is 1. The molecule has 0 saturated carbocycles. The highest BCUT2D eigenvalue weighted by atomic mass is 32.1. The highest BCUT2D eigenvalue weighted by Crippen LogP contribution is 2.16. The molecule has 0 saturated heterocycles. The fourth-order valence-corrected chi connectivity index (χ4v) is 2.59. The molecule has 0 aliphatic heterocycles. The summed E-state index contributed by atoms with van der Waals surface area (Å²) < 4.78 is 12.9. The second-order valence-corrected chi connectivity index (χ2v) is 5.96. The van der Waals surface area contributed by atoms with Gasteiger partial charge in [-0.15, -0.1) is 11.3 Å². The number of hydrogen-bond acceptors (Lipinski definition) is 3. The summed E-state index contributed by atoms with van der Waals surface area (Å²) in [5.41, 5.74) is 5.52. The van der Waals surface area contributed by atoms with E-state index in [0.717, 1.165) is 10.4 Å². The number of nitrogens with two attached hydrogens (primary N) is 1. The van der Waals surface area contributed by atoms with Crippen LogP contribution in [0.3, 0.4) is 0 Å². The maximum atomic E-state index is 12.9. The topological polar surface area (TPSA) is 55.1 Å². The maximum Gasteiger partial charge on any atom is 0.237 e. The van der Waals surface area contributed by atoms with Crippen molar-refractivity contribution < 1.29 is 9.18 Å². The second kappa shape index (κ2) is 6.15.